The summed E-state index contributed by atoms with van der Waals surface area (Å²) in [7, 11) is 0. The molecule has 0 bridgehead atoms. The number of hydrogen-bond donors (Lipinski definition) is 0. The van der Waals surface area contributed by atoms with Crippen LogP contribution in [0.5, 0.6) is 0 Å². The van der Waals surface area contributed by atoms with E-state index in [2.05, 4.69) is 143 Å². The zero-order chi connectivity index (χ0) is 30.2. The molecule has 0 atom stereocenters. The van der Waals surface area contributed by atoms with E-state index in [9.17, 15) is 0 Å². The topological polar surface area (TPSA) is 32.3 Å². The van der Waals surface area contributed by atoms with Crippen molar-refractivity contribution in [2.45, 2.75) is 19.6 Å². The average molecular weight is 625 g/mol. The number of rotatable bonds is 2. The maximum absolute atomic E-state index is 4.95. The molecule has 2 aliphatic rings. The molecule has 10 rings (SSSR count). The number of anilines is 6. The number of fused-ring (bicyclic) bond motifs is 10. The van der Waals surface area contributed by atoms with Gasteiger partial charge >= 0.3 is 0 Å². The van der Waals surface area contributed by atoms with Gasteiger partial charge in [0.15, 0.2) is 0 Å². The molecular weight excluding hydrogens is 601 g/mol. The lowest BCUT2D eigenvalue weighted by Crippen LogP contribution is -2.15. The third kappa shape index (κ3) is 3.84. The van der Waals surface area contributed by atoms with Gasteiger partial charge in [0.05, 0.1) is 33.8 Å². The normalized spacial score (nSPS) is 13.4. The van der Waals surface area contributed by atoms with E-state index in [1.807, 2.05) is 23.5 Å². The Morgan fingerprint density at radius 1 is 0.370 bits per heavy atom. The van der Waals surface area contributed by atoms with Crippen LogP contribution in [0, 0.1) is 0 Å². The van der Waals surface area contributed by atoms with E-state index in [1.165, 1.54) is 53.1 Å². The Labute approximate surface area is 274 Å². The van der Waals surface area contributed by atoms with Crippen molar-refractivity contribution in [1.29, 1.82) is 0 Å². The van der Waals surface area contributed by atoms with E-state index in [0.29, 0.717) is 0 Å². The molecule has 0 amide bonds. The Hall–Kier alpha value is -5.30. The molecule has 3 heterocycles. The standard InChI is InChI=1S/C40H24N4S2/c1-5-13-35-31(9-1)43(32-10-2-6-14-36(32)45-35)25-17-19-27-28-20-18-26(24-30(28)40-39(29(27)23-25)41-21-22-42-40)44-33-11-3-7-15-37(33)46-38-16-8-4-12-34(38)44/h1-24H. The van der Waals surface area contributed by atoms with E-state index in [-0.39, 0.29) is 0 Å². The quantitative estimate of drug-likeness (QED) is 0.178. The fourth-order valence-electron chi connectivity index (χ4n) is 6.90. The number of aromatic nitrogens is 2. The zero-order valence-corrected chi connectivity index (χ0v) is 26.1. The Bertz CT molecular complexity index is 2240. The molecule has 7 aromatic carbocycles. The van der Waals surface area contributed by atoms with Crippen LogP contribution in [0.1, 0.15) is 0 Å². The number of hydrogen-bond acceptors (Lipinski definition) is 6. The largest absolute Gasteiger partial charge is 0.308 e. The molecule has 0 N–H and O–H groups in total. The molecule has 0 aliphatic carbocycles. The van der Waals surface area contributed by atoms with Gasteiger partial charge in [-0.05, 0) is 83.6 Å². The van der Waals surface area contributed by atoms with Crippen LogP contribution in [0.3, 0.4) is 0 Å². The number of para-hydroxylation sites is 4. The van der Waals surface area contributed by atoms with E-state index in [4.69, 9.17) is 9.97 Å². The van der Waals surface area contributed by atoms with Crippen molar-refractivity contribution in [2.24, 2.45) is 0 Å². The van der Waals surface area contributed by atoms with Crippen LogP contribution in [-0.4, -0.2) is 9.97 Å². The van der Waals surface area contributed by atoms with Gasteiger partial charge in [-0.3, -0.25) is 9.97 Å². The molecule has 46 heavy (non-hydrogen) atoms. The summed E-state index contributed by atoms with van der Waals surface area (Å²) in [5.41, 5.74) is 8.78. The van der Waals surface area contributed by atoms with Gasteiger partial charge in [-0.25, -0.2) is 0 Å². The van der Waals surface area contributed by atoms with Crippen molar-refractivity contribution in [3.63, 3.8) is 0 Å². The predicted molar refractivity (Wildman–Crippen MR) is 192 cm³/mol. The van der Waals surface area contributed by atoms with Crippen molar-refractivity contribution >= 4 is 90.2 Å². The lowest BCUT2D eigenvalue weighted by Gasteiger charge is -2.33. The van der Waals surface area contributed by atoms with Crippen LogP contribution in [0.4, 0.5) is 34.1 Å². The van der Waals surface area contributed by atoms with Crippen LogP contribution in [0.2, 0.25) is 0 Å². The minimum Gasteiger partial charge on any atom is -0.308 e. The average Bonchev–Trinajstić information content (AvgIpc) is 3.12. The van der Waals surface area contributed by atoms with Gasteiger partial charge in [0.25, 0.3) is 0 Å². The molecule has 0 spiro atoms. The molecule has 2 aliphatic heterocycles. The summed E-state index contributed by atoms with van der Waals surface area (Å²) in [4.78, 5) is 19.6. The minimum atomic E-state index is 0.909. The third-order valence-electron chi connectivity index (χ3n) is 8.89. The van der Waals surface area contributed by atoms with E-state index in [1.54, 1.807) is 12.4 Å². The van der Waals surface area contributed by atoms with Gasteiger partial charge in [0.2, 0.25) is 0 Å². The predicted octanol–water partition coefficient (Wildman–Crippen LogP) is 11.8. The third-order valence-corrected chi connectivity index (χ3v) is 11.1. The summed E-state index contributed by atoms with van der Waals surface area (Å²) in [6.07, 6.45) is 3.61. The van der Waals surface area contributed by atoms with Crippen LogP contribution < -0.4 is 9.80 Å². The van der Waals surface area contributed by atoms with Gasteiger partial charge in [0, 0.05) is 54.1 Å². The van der Waals surface area contributed by atoms with Crippen molar-refractivity contribution < 1.29 is 0 Å². The first-order valence-corrected chi connectivity index (χ1v) is 16.9. The summed E-state index contributed by atoms with van der Waals surface area (Å²) in [6, 6.07) is 48.1. The highest BCUT2D eigenvalue weighted by molar-refractivity contribution is 8.00. The Kier molecular flexibility index (Phi) is 5.71. The fraction of sp³-hybridized carbons (Fsp3) is 0. The summed E-state index contributed by atoms with van der Waals surface area (Å²) >= 11 is 3.65. The van der Waals surface area contributed by atoms with Gasteiger partial charge in [-0.15, -0.1) is 0 Å². The summed E-state index contributed by atoms with van der Waals surface area (Å²) in [5, 5.41) is 4.53. The smallest absolute Gasteiger partial charge is 0.0972 e. The monoisotopic (exact) mass is 624 g/mol. The second kappa shape index (κ2) is 10.1. The highest BCUT2D eigenvalue weighted by atomic mass is 32.2. The molecule has 0 saturated carbocycles. The summed E-state index contributed by atoms with van der Waals surface area (Å²) < 4.78 is 0. The molecular formula is C40H24N4S2. The number of nitrogens with zero attached hydrogens (tertiary/aromatic N) is 4. The molecule has 0 radical (unpaired) electrons. The van der Waals surface area contributed by atoms with Gasteiger partial charge < -0.3 is 9.80 Å². The molecule has 1 aromatic heterocycles. The lowest BCUT2D eigenvalue weighted by atomic mass is 9.97. The van der Waals surface area contributed by atoms with E-state index < -0.39 is 0 Å². The first-order chi connectivity index (χ1) is 22.8. The fourth-order valence-corrected chi connectivity index (χ4v) is 9.02. The van der Waals surface area contributed by atoms with Crippen LogP contribution in [0.25, 0.3) is 32.6 Å². The minimum absolute atomic E-state index is 0.909. The first-order valence-electron chi connectivity index (χ1n) is 15.2. The van der Waals surface area contributed by atoms with Crippen LogP contribution in [0.15, 0.2) is 165 Å². The Balaban J connectivity index is 1.20. The van der Waals surface area contributed by atoms with Gasteiger partial charge in [0.1, 0.15) is 0 Å². The summed E-state index contributed by atoms with van der Waals surface area (Å²) in [6.45, 7) is 0. The summed E-state index contributed by atoms with van der Waals surface area (Å²) in [5.74, 6) is 0. The second-order valence-corrected chi connectivity index (χ2v) is 13.6. The Morgan fingerprint density at radius 3 is 1.09 bits per heavy atom. The molecule has 4 nitrogen and oxygen atoms in total. The molecule has 8 aromatic rings. The Morgan fingerprint density at radius 2 is 0.717 bits per heavy atom. The SMILES string of the molecule is c1ccc2c(c1)Sc1ccccc1N2c1ccc2c3ccc(N4c5ccccc5Sc5ccccc54)cc3c3nccnc3c2c1. The van der Waals surface area contributed by atoms with E-state index in [0.717, 1.165) is 33.2 Å². The van der Waals surface area contributed by atoms with Crippen LogP contribution in [-0.2, 0) is 0 Å². The maximum atomic E-state index is 4.95. The lowest BCUT2D eigenvalue weighted by molar-refractivity contribution is 1.17. The van der Waals surface area contributed by atoms with Crippen molar-refractivity contribution in [2.75, 3.05) is 9.80 Å². The molecule has 216 valence electrons. The van der Waals surface area contributed by atoms with Gasteiger partial charge in [-0.2, -0.15) is 0 Å². The molecule has 0 fully saturated rings. The second-order valence-electron chi connectivity index (χ2n) is 11.5. The zero-order valence-electron chi connectivity index (χ0n) is 24.5. The molecule has 0 saturated heterocycles. The highest BCUT2D eigenvalue weighted by Crippen LogP contribution is 2.53. The van der Waals surface area contributed by atoms with Crippen molar-refractivity contribution in [3.05, 3.63) is 146 Å². The van der Waals surface area contributed by atoms with Crippen molar-refractivity contribution in [3.8, 4) is 0 Å². The van der Waals surface area contributed by atoms with Crippen molar-refractivity contribution in [1.82, 2.24) is 9.97 Å². The number of benzene rings is 7. The maximum Gasteiger partial charge on any atom is 0.0972 e. The highest BCUT2D eigenvalue weighted by Gasteiger charge is 2.27. The molecule has 6 heteroatoms. The first kappa shape index (κ1) is 26.0. The van der Waals surface area contributed by atoms with E-state index >= 15 is 0 Å². The van der Waals surface area contributed by atoms with Gasteiger partial charge in [-0.1, -0.05) is 84.2 Å². The van der Waals surface area contributed by atoms with Crippen LogP contribution >= 0.6 is 23.5 Å². The molecule has 0 unspecified atom stereocenters.